The number of hydrogen-bond donors (Lipinski definition) is 1. The van der Waals surface area contributed by atoms with Crippen LogP contribution in [0.3, 0.4) is 0 Å². The second kappa shape index (κ2) is 6.89. The Balaban J connectivity index is 2.15. The van der Waals surface area contributed by atoms with E-state index in [1.54, 1.807) is 0 Å². The molecule has 0 aromatic carbocycles. The smallest absolute Gasteiger partial charge is 0.222 e. The molecule has 0 saturated carbocycles. The Morgan fingerprint density at radius 2 is 2.25 bits per heavy atom. The lowest BCUT2D eigenvalue weighted by Crippen LogP contribution is -2.26. The Kier molecular flexibility index (Phi) is 5.81. The zero-order chi connectivity index (χ0) is 12.0. The van der Waals surface area contributed by atoms with Crippen LogP contribution in [0.2, 0.25) is 0 Å². The summed E-state index contributed by atoms with van der Waals surface area (Å²) in [7, 11) is 0. The summed E-state index contributed by atoms with van der Waals surface area (Å²) in [5, 5.41) is 9.13. The molecule has 0 aliphatic carbocycles. The number of rotatable bonds is 7. The molecule has 0 aromatic rings. The van der Waals surface area contributed by atoms with Crippen molar-refractivity contribution in [3.8, 4) is 0 Å². The first-order chi connectivity index (χ1) is 7.63. The fraction of sp³-hybridized carbons (Fsp3) is 0.923. The third kappa shape index (κ3) is 4.52. The zero-order valence-electron chi connectivity index (χ0n) is 10.6. The van der Waals surface area contributed by atoms with E-state index in [0.29, 0.717) is 11.8 Å². The van der Waals surface area contributed by atoms with Crippen molar-refractivity contribution in [2.75, 3.05) is 13.1 Å². The number of unbranched alkanes of at least 4 members (excludes halogenated alkanes) is 1. The lowest BCUT2D eigenvalue weighted by molar-refractivity contribution is -0.127. The van der Waals surface area contributed by atoms with Gasteiger partial charge >= 0.3 is 0 Å². The molecule has 94 valence electrons. The Labute approximate surface area is 98.8 Å². The van der Waals surface area contributed by atoms with Crippen LogP contribution in [-0.2, 0) is 4.79 Å². The molecule has 1 N–H and O–H groups in total. The van der Waals surface area contributed by atoms with Crippen LogP contribution in [0.15, 0.2) is 0 Å². The number of likely N-dealkylation sites (tertiary alicyclic amines) is 1. The van der Waals surface area contributed by atoms with Gasteiger partial charge in [0.2, 0.25) is 5.91 Å². The second-order valence-electron chi connectivity index (χ2n) is 5.04. The second-order valence-corrected chi connectivity index (χ2v) is 5.04. The lowest BCUT2D eigenvalue weighted by atomic mass is 10.0. The van der Waals surface area contributed by atoms with E-state index in [2.05, 4.69) is 6.92 Å². The van der Waals surface area contributed by atoms with Crippen molar-refractivity contribution in [2.45, 2.75) is 58.5 Å². The van der Waals surface area contributed by atoms with Gasteiger partial charge in [-0.15, -0.1) is 0 Å². The minimum atomic E-state index is -0.206. The number of amides is 1. The molecular formula is C13H25NO2. The Hall–Kier alpha value is -0.570. The van der Waals surface area contributed by atoms with E-state index in [9.17, 15) is 4.79 Å². The highest BCUT2D eigenvalue weighted by molar-refractivity contribution is 5.78. The van der Waals surface area contributed by atoms with Crippen LogP contribution in [0.5, 0.6) is 0 Å². The molecule has 2 unspecified atom stereocenters. The molecule has 1 fully saturated rings. The van der Waals surface area contributed by atoms with Crippen molar-refractivity contribution in [1.82, 2.24) is 4.90 Å². The van der Waals surface area contributed by atoms with Gasteiger partial charge in [0, 0.05) is 19.5 Å². The molecule has 1 heterocycles. The summed E-state index contributed by atoms with van der Waals surface area (Å²) in [4.78, 5) is 13.7. The van der Waals surface area contributed by atoms with E-state index < -0.39 is 0 Å². The summed E-state index contributed by atoms with van der Waals surface area (Å²) in [6, 6.07) is 0. The molecule has 1 rings (SSSR count). The molecular weight excluding hydrogens is 202 g/mol. The van der Waals surface area contributed by atoms with Crippen LogP contribution < -0.4 is 0 Å². The van der Waals surface area contributed by atoms with Crippen molar-refractivity contribution in [3.63, 3.8) is 0 Å². The Morgan fingerprint density at radius 3 is 2.88 bits per heavy atom. The molecule has 1 aliphatic rings. The van der Waals surface area contributed by atoms with Gasteiger partial charge in [-0.05, 0) is 38.5 Å². The minimum Gasteiger partial charge on any atom is -0.393 e. The van der Waals surface area contributed by atoms with Crippen molar-refractivity contribution in [3.05, 3.63) is 0 Å². The van der Waals surface area contributed by atoms with Gasteiger partial charge in [-0.2, -0.15) is 0 Å². The van der Waals surface area contributed by atoms with E-state index in [1.807, 2.05) is 11.8 Å². The van der Waals surface area contributed by atoms with E-state index in [4.69, 9.17) is 5.11 Å². The van der Waals surface area contributed by atoms with E-state index >= 15 is 0 Å². The van der Waals surface area contributed by atoms with Crippen molar-refractivity contribution in [2.24, 2.45) is 5.92 Å². The molecule has 1 amide bonds. The first kappa shape index (κ1) is 13.5. The van der Waals surface area contributed by atoms with Crippen molar-refractivity contribution < 1.29 is 9.90 Å². The van der Waals surface area contributed by atoms with Gasteiger partial charge in [0.05, 0.1) is 6.10 Å². The SMILES string of the molecule is CCCC1CC(=O)N(CCCCC(C)O)C1. The molecule has 3 nitrogen and oxygen atoms in total. The summed E-state index contributed by atoms with van der Waals surface area (Å²) in [5.41, 5.74) is 0. The molecule has 1 aliphatic heterocycles. The predicted octanol–water partition coefficient (Wildman–Crippen LogP) is 2.19. The summed E-state index contributed by atoms with van der Waals surface area (Å²) in [5.74, 6) is 0.921. The topological polar surface area (TPSA) is 40.5 Å². The standard InChI is InChI=1S/C13H25NO2/c1-3-6-12-9-13(16)14(10-12)8-5-4-7-11(2)15/h11-12,15H,3-10H2,1-2H3. The number of nitrogens with zero attached hydrogens (tertiary/aromatic N) is 1. The van der Waals surface area contributed by atoms with Gasteiger partial charge in [-0.25, -0.2) is 0 Å². The molecule has 0 radical (unpaired) electrons. The van der Waals surface area contributed by atoms with Crippen LogP contribution in [0, 0.1) is 5.92 Å². The number of carbonyl (C=O) groups is 1. The van der Waals surface area contributed by atoms with Gasteiger partial charge in [0.25, 0.3) is 0 Å². The third-order valence-corrected chi connectivity index (χ3v) is 3.29. The minimum absolute atomic E-state index is 0.206. The summed E-state index contributed by atoms with van der Waals surface area (Å²) in [6.45, 7) is 5.83. The zero-order valence-corrected chi connectivity index (χ0v) is 10.6. The average molecular weight is 227 g/mol. The summed E-state index contributed by atoms with van der Waals surface area (Å²) < 4.78 is 0. The monoisotopic (exact) mass is 227 g/mol. The number of carbonyl (C=O) groups excluding carboxylic acids is 1. The van der Waals surface area contributed by atoms with Gasteiger partial charge in [0.15, 0.2) is 0 Å². The maximum absolute atomic E-state index is 11.7. The number of hydrogen-bond acceptors (Lipinski definition) is 2. The number of aliphatic hydroxyl groups is 1. The average Bonchev–Trinajstić information content (AvgIpc) is 2.54. The Bertz CT molecular complexity index is 216. The maximum Gasteiger partial charge on any atom is 0.222 e. The summed E-state index contributed by atoms with van der Waals surface area (Å²) in [6.07, 6.45) is 5.78. The van der Waals surface area contributed by atoms with Crippen LogP contribution >= 0.6 is 0 Å². The first-order valence-electron chi connectivity index (χ1n) is 6.59. The molecule has 1 saturated heterocycles. The van der Waals surface area contributed by atoms with Crippen molar-refractivity contribution in [1.29, 1.82) is 0 Å². The van der Waals surface area contributed by atoms with Crippen LogP contribution in [0.4, 0.5) is 0 Å². The molecule has 0 spiro atoms. The molecule has 0 bridgehead atoms. The fourth-order valence-electron chi connectivity index (χ4n) is 2.41. The summed E-state index contributed by atoms with van der Waals surface area (Å²) >= 11 is 0. The third-order valence-electron chi connectivity index (χ3n) is 3.29. The lowest BCUT2D eigenvalue weighted by Gasteiger charge is -2.16. The highest BCUT2D eigenvalue weighted by Gasteiger charge is 2.27. The van der Waals surface area contributed by atoms with Crippen molar-refractivity contribution >= 4 is 5.91 Å². The number of aliphatic hydroxyl groups excluding tert-OH is 1. The van der Waals surface area contributed by atoms with Gasteiger partial charge < -0.3 is 10.0 Å². The highest BCUT2D eigenvalue weighted by Crippen LogP contribution is 2.22. The van der Waals surface area contributed by atoms with E-state index in [1.165, 1.54) is 12.8 Å². The quantitative estimate of drug-likeness (QED) is 0.677. The van der Waals surface area contributed by atoms with Gasteiger partial charge in [0.1, 0.15) is 0 Å². The highest BCUT2D eigenvalue weighted by atomic mass is 16.3. The van der Waals surface area contributed by atoms with E-state index in [-0.39, 0.29) is 6.10 Å². The first-order valence-corrected chi connectivity index (χ1v) is 6.59. The molecule has 16 heavy (non-hydrogen) atoms. The molecule has 2 atom stereocenters. The molecule has 0 aromatic heterocycles. The van der Waals surface area contributed by atoms with Gasteiger partial charge in [-0.3, -0.25) is 4.79 Å². The van der Waals surface area contributed by atoms with Crippen LogP contribution in [0.1, 0.15) is 52.4 Å². The normalized spacial score (nSPS) is 22.8. The Morgan fingerprint density at radius 1 is 1.50 bits per heavy atom. The van der Waals surface area contributed by atoms with Crippen LogP contribution in [-0.4, -0.2) is 35.1 Å². The molecule has 3 heteroatoms. The largest absolute Gasteiger partial charge is 0.393 e. The maximum atomic E-state index is 11.7. The van der Waals surface area contributed by atoms with Gasteiger partial charge in [-0.1, -0.05) is 13.3 Å². The predicted molar refractivity (Wildman–Crippen MR) is 65.1 cm³/mol. The van der Waals surface area contributed by atoms with Crippen LogP contribution in [0.25, 0.3) is 0 Å². The van der Waals surface area contributed by atoms with E-state index in [0.717, 1.165) is 38.8 Å². The fourth-order valence-corrected chi connectivity index (χ4v) is 2.41.